The lowest BCUT2D eigenvalue weighted by molar-refractivity contribution is -0.132. The van der Waals surface area contributed by atoms with Crippen molar-refractivity contribution in [2.45, 2.75) is 0 Å². The van der Waals surface area contributed by atoms with Gasteiger partial charge in [0.15, 0.2) is 0 Å². The minimum absolute atomic E-state index is 0.133. The van der Waals surface area contributed by atoms with E-state index in [1.807, 2.05) is 48.5 Å². The summed E-state index contributed by atoms with van der Waals surface area (Å²) in [5, 5.41) is 20.0. The number of hydrogen-bond donors (Lipinski definition) is 3. The van der Waals surface area contributed by atoms with Crippen LogP contribution in [0.3, 0.4) is 0 Å². The Hall–Kier alpha value is -3.18. The summed E-state index contributed by atoms with van der Waals surface area (Å²) in [6.45, 7) is 0. The van der Waals surface area contributed by atoms with Crippen LogP contribution in [0.5, 0.6) is 0 Å². The van der Waals surface area contributed by atoms with Crippen LogP contribution >= 0.6 is 11.6 Å². The number of hydrogen-bond acceptors (Lipinski definition) is 4. The Morgan fingerprint density at radius 1 is 1.12 bits per heavy atom. The molecule has 6 heteroatoms. The zero-order chi connectivity index (χ0) is 17.8. The predicted molar refractivity (Wildman–Crippen MR) is 99.9 cm³/mol. The third kappa shape index (κ3) is 3.67. The third-order valence-corrected chi connectivity index (χ3v) is 3.89. The summed E-state index contributed by atoms with van der Waals surface area (Å²) in [5.41, 5.74) is 3.35. The molecule has 2 aromatic carbocycles. The molecule has 0 spiro atoms. The van der Waals surface area contributed by atoms with Crippen LogP contribution in [-0.4, -0.2) is 23.5 Å². The van der Waals surface area contributed by atoms with Gasteiger partial charge in [-0.2, -0.15) is 0 Å². The molecule has 0 bridgehead atoms. The molecule has 5 nitrogen and oxygen atoms in total. The van der Waals surface area contributed by atoms with E-state index in [-0.39, 0.29) is 11.4 Å². The number of halogens is 1. The second-order valence-corrected chi connectivity index (χ2v) is 5.72. The molecule has 1 heterocycles. The van der Waals surface area contributed by atoms with Crippen molar-refractivity contribution in [1.29, 1.82) is 5.41 Å². The minimum atomic E-state index is -1.21. The Morgan fingerprint density at radius 3 is 2.48 bits per heavy atom. The molecule has 124 valence electrons. The number of allylic oxidation sites excluding steroid dienone is 1. The first-order valence-corrected chi connectivity index (χ1v) is 7.82. The molecule has 0 saturated carbocycles. The van der Waals surface area contributed by atoms with E-state index in [9.17, 15) is 4.79 Å². The zero-order valence-corrected chi connectivity index (χ0v) is 13.8. The van der Waals surface area contributed by atoms with Crippen LogP contribution < -0.4 is 5.32 Å². The number of nitrogens with one attached hydrogen (secondary N) is 2. The van der Waals surface area contributed by atoms with Gasteiger partial charge in [-0.1, -0.05) is 41.9 Å². The normalized spacial score (nSPS) is 15.2. The van der Waals surface area contributed by atoms with Crippen LogP contribution in [0.25, 0.3) is 16.8 Å². The third-order valence-electron chi connectivity index (χ3n) is 3.66. The number of nitrogens with zero attached hydrogens (tertiary/aromatic N) is 1. The number of carbonyl (C=O) groups is 1. The lowest BCUT2D eigenvalue weighted by atomic mass is 10.0. The summed E-state index contributed by atoms with van der Waals surface area (Å²) in [6, 6.07) is 15.3. The smallest absolute Gasteiger partial charge is 0.341 e. The number of benzene rings is 2. The second-order valence-electron chi connectivity index (χ2n) is 5.29. The van der Waals surface area contributed by atoms with Crippen molar-refractivity contribution < 1.29 is 9.90 Å². The highest BCUT2D eigenvalue weighted by Crippen LogP contribution is 2.26. The molecule has 0 saturated heterocycles. The number of aliphatic carboxylic acids is 1. The molecular weight excluding hydrogens is 338 g/mol. The maximum atomic E-state index is 11.2. The summed E-state index contributed by atoms with van der Waals surface area (Å²) < 4.78 is 0. The number of rotatable bonds is 4. The fourth-order valence-corrected chi connectivity index (χ4v) is 2.65. The Balaban J connectivity index is 1.97. The molecule has 25 heavy (non-hydrogen) atoms. The van der Waals surface area contributed by atoms with Crippen molar-refractivity contribution in [2.24, 2.45) is 4.99 Å². The van der Waals surface area contributed by atoms with Gasteiger partial charge in [0.2, 0.25) is 0 Å². The highest BCUT2D eigenvalue weighted by molar-refractivity contribution is 6.30. The zero-order valence-electron chi connectivity index (χ0n) is 13.0. The van der Waals surface area contributed by atoms with E-state index >= 15 is 0 Å². The largest absolute Gasteiger partial charge is 0.477 e. The van der Waals surface area contributed by atoms with Crippen molar-refractivity contribution >= 4 is 35.7 Å². The summed E-state index contributed by atoms with van der Waals surface area (Å²) >= 11 is 6.06. The molecule has 0 amide bonds. The Labute approximate surface area is 149 Å². The molecular formula is C19H14ClN3O2. The van der Waals surface area contributed by atoms with E-state index < -0.39 is 5.97 Å². The van der Waals surface area contributed by atoms with Gasteiger partial charge in [0.25, 0.3) is 0 Å². The maximum absolute atomic E-state index is 11.2. The first-order valence-electron chi connectivity index (χ1n) is 7.44. The minimum Gasteiger partial charge on any atom is -0.477 e. The quantitative estimate of drug-likeness (QED) is 0.575. The topological polar surface area (TPSA) is 85.5 Å². The summed E-state index contributed by atoms with van der Waals surface area (Å²) in [5.74, 6) is -1.07. The monoisotopic (exact) mass is 351 g/mol. The maximum Gasteiger partial charge on any atom is 0.341 e. The average Bonchev–Trinajstić information content (AvgIpc) is 2.62. The van der Waals surface area contributed by atoms with Crippen molar-refractivity contribution in [2.75, 3.05) is 0 Å². The van der Waals surface area contributed by atoms with E-state index in [0.29, 0.717) is 10.7 Å². The van der Waals surface area contributed by atoms with Crippen LogP contribution in [0.1, 0.15) is 5.56 Å². The number of aliphatic imine (C=N–C) groups is 1. The number of carboxylic acids is 1. The highest BCUT2D eigenvalue weighted by atomic mass is 35.5. The van der Waals surface area contributed by atoms with Gasteiger partial charge >= 0.3 is 5.97 Å². The molecule has 0 radical (unpaired) electrons. The first-order chi connectivity index (χ1) is 12.1. The van der Waals surface area contributed by atoms with Gasteiger partial charge in [0, 0.05) is 23.1 Å². The van der Waals surface area contributed by atoms with Crippen LogP contribution in [0, 0.1) is 5.41 Å². The summed E-state index contributed by atoms with van der Waals surface area (Å²) in [6.07, 6.45) is 4.04. The van der Waals surface area contributed by atoms with E-state index in [0.717, 1.165) is 22.9 Å². The molecule has 3 N–H and O–H groups in total. The van der Waals surface area contributed by atoms with Gasteiger partial charge in [-0.05, 0) is 41.0 Å². The molecule has 0 atom stereocenters. The van der Waals surface area contributed by atoms with E-state index in [1.165, 1.54) is 6.21 Å². The first kappa shape index (κ1) is 16.7. The lowest BCUT2D eigenvalue weighted by Crippen LogP contribution is -2.19. The van der Waals surface area contributed by atoms with Crippen molar-refractivity contribution in [1.82, 2.24) is 5.32 Å². The molecule has 2 aromatic rings. The van der Waals surface area contributed by atoms with E-state index in [1.54, 1.807) is 6.08 Å². The molecule has 1 aliphatic rings. The summed E-state index contributed by atoms with van der Waals surface area (Å²) in [7, 11) is 0. The molecule has 0 aromatic heterocycles. The second kappa shape index (κ2) is 7.15. The summed E-state index contributed by atoms with van der Waals surface area (Å²) in [4.78, 5) is 15.2. The molecule has 0 unspecified atom stereocenters. The van der Waals surface area contributed by atoms with E-state index in [4.69, 9.17) is 22.1 Å². The SMILES string of the molecule is N=C/C(C(=O)O)=C1/N=CC=C(c2cccc(-c3cccc(Cl)c3)c2)N1. The fraction of sp³-hybridized carbons (Fsp3) is 0. The van der Waals surface area contributed by atoms with Gasteiger partial charge in [0.05, 0.1) is 0 Å². The van der Waals surface area contributed by atoms with Crippen molar-refractivity contribution in [3.63, 3.8) is 0 Å². The van der Waals surface area contributed by atoms with Crippen LogP contribution in [-0.2, 0) is 4.79 Å². The van der Waals surface area contributed by atoms with Crippen molar-refractivity contribution in [3.05, 3.63) is 76.6 Å². The van der Waals surface area contributed by atoms with Gasteiger partial charge in [-0.3, -0.25) is 0 Å². The molecule has 3 rings (SSSR count). The number of carboxylic acid groups (broad SMARTS) is 1. The Morgan fingerprint density at radius 2 is 1.80 bits per heavy atom. The van der Waals surface area contributed by atoms with E-state index in [2.05, 4.69) is 10.3 Å². The van der Waals surface area contributed by atoms with Gasteiger partial charge in [0.1, 0.15) is 11.4 Å². The van der Waals surface area contributed by atoms with Crippen LogP contribution in [0.2, 0.25) is 5.02 Å². The van der Waals surface area contributed by atoms with Gasteiger partial charge < -0.3 is 15.8 Å². The van der Waals surface area contributed by atoms with Gasteiger partial charge in [-0.15, -0.1) is 0 Å². The fourth-order valence-electron chi connectivity index (χ4n) is 2.46. The van der Waals surface area contributed by atoms with Gasteiger partial charge in [-0.25, -0.2) is 9.79 Å². The van der Waals surface area contributed by atoms with Crippen molar-refractivity contribution in [3.8, 4) is 11.1 Å². The highest BCUT2D eigenvalue weighted by Gasteiger charge is 2.15. The Kier molecular flexibility index (Phi) is 4.77. The predicted octanol–water partition coefficient (Wildman–Crippen LogP) is 3.97. The standard InChI is InChI=1S/C19H14ClN3O2/c20-15-6-2-4-13(10-15)12-3-1-5-14(9-12)17-7-8-22-18(23-17)16(11-21)19(24)25/h1-11,21,23H,(H,24,25)/b18-16+,21-11?. The van der Waals surface area contributed by atoms with Crippen LogP contribution in [0.4, 0.5) is 0 Å². The molecule has 1 aliphatic heterocycles. The lowest BCUT2D eigenvalue weighted by Gasteiger charge is -2.16. The van der Waals surface area contributed by atoms with Crippen LogP contribution in [0.15, 0.2) is 71.0 Å². The Bertz CT molecular complexity index is 945. The molecule has 0 fully saturated rings. The average molecular weight is 352 g/mol. The molecule has 0 aliphatic carbocycles.